The average molecular weight is 497 g/mol. The summed E-state index contributed by atoms with van der Waals surface area (Å²) in [4.78, 5) is 39.8. The van der Waals surface area contributed by atoms with E-state index in [-0.39, 0.29) is 11.4 Å². The lowest BCUT2D eigenvalue weighted by Crippen LogP contribution is -2.36. The van der Waals surface area contributed by atoms with E-state index < -0.39 is 17.1 Å². The number of thioether (sulfide) groups is 1. The maximum Gasteiger partial charge on any atom is 0.294 e. The lowest BCUT2D eigenvalue weighted by atomic mass is 9.96. The topological polar surface area (TPSA) is 84.9 Å². The van der Waals surface area contributed by atoms with Gasteiger partial charge in [0.05, 0.1) is 4.91 Å². The van der Waals surface area contributed by atoms with E-state index in [1.54, 1.807) is 24.3 Å². The third kappa shape index (κ3) is 4.05. The standard InChI is InChI=1S/C28H20N2O5S/c31-26(29-19-9-10-23-24(14-19)35-12-11-34-23)16-30-27(32)25(36-28(30)33)15-22-20-7-3-1-5-17(20)13-18-6-2-4-8-21(18)22/h1-10,13-15H,11-12,16H2,(H,29,31)/b25-15+. The number of hydrogen-bond acceptors (Lipinski definition) is 6. The van der Waals surface area contributed by atoms with Gasteiger partial charge in [0.15, 0.2) is 11.5 Å². The first kappa shape index (κ1) is 22.2. The van der Waals surface area contributed by atoms with E-state index in [0.717, 1.165) is 43.8 Å². The van der Waals surface area contributed by atoms with Gasteiger partial charge in [0.1, 0.15) is 19.8 Å². The third-order valence-electron chi connectivity index (χ3n) is 6.09. The molecule has 178 valence electrons. The highest BCUT2D eigenvalue weighted by molar-refractivity contribution is 8.18. The Labute approximate surface area is 210 Å². The van der Waals surface area contributed by atoms with Gasteiger partial charge in [-0.2, -0.15) is 0 Å². The van der Waals surface area contributed by atoms with Crippen LogP contribution in [0.5, 0.6) is 11.5 Å². The Hall–Kier alpha value is -4.30. The Morgan fingerprint density at radius 1 is 0.889 bits per heavy atom. The van der Waals surface area contributed by atoms with Crippen molar-refractivity contribution in [2.45, 2.75) is 0 Å². The molecule has 0 aromatic heterocycles. The van der Waals surface area contributed by atoms with Crippen molar-refractivity contribution in [3.8, 4) is 11.5 Å². The van der Waals surface area contributed by atoms with Crippen molar-refractivity contribution in [1.29, 1.82) is 0 Å². The second-order valence-electron chi connectivity index (χ2n) is 8.41. The maximum atomic E-state index is 13.2. The number of benzene rings is 4. The molecule has 2 aliphatic heterocycles. The first-order valence-corrected chi connectivity index (χ1v) is 12.2. The zero-order chi connectivity index (χ0) is 24.6. The molecule has 2 aliphatic rings. The van der Waals surface area contributed by atoms with E-state index in [1.807, 2.05) is 48.5 Å². The van der Waals surface area contributed by atoms with Crippen LogP contribution in [0.25, 0.3) is 27.6 Å². The Morgan fingerprint density at radius 2 is 1.56 bits per heavy atom. The molecule has 0 spiro atoms. The number of anilines is 1. The average Bonchev–Trinajstić information content (AvgIpc) is 3.15. The lowest BCUT2D eigenvalue weighted by Gasteiger charge is -2.19. The summed E-state index contributed by atoms with van der Waals surface area (Å²) in [5.74, 6) is 0.178. The number of ether oxygens (including phenoxy) is 2. The third-order valence-corrected chi connectivity index (χ3v) is 7.00. The minimum atomic E-state index is -0.487. The number of imide groups is 1. The summed E-state index contributed by atoms with van der Waals surface area (Å²) in [7, 11) is 0. The van der Waals surface area contributed by atoms with Crippen LogP contribution in [0.1, 0.15) is 5.56 Å². The Kier molecular flexibility index (Phi) is 5.58. The molecule has 0 bridgehead atoms. The zero-order valence-corrected chi connectivity index (χ0v) is 19.8. The predicted molar refractivity (Wildman–Crippen MR) is 140 cm³/mol. The molecule has 1 fully saturated rings. The van der Waals surface area contributed by atoms with Crippen LogP contribution in [-0.2, 0) is 9.59 Å². The monoisotopic (exact) mass is 496 g/mol. The van der Waals surface area contributed by atoms with Crippen molar-refractivity contribution in [1.82, 2.24) is 4.90 Å². The quantitative estimate of drug-likeness (QED) is 0.299. The second-order valence-corrected chi connectivity index (χ2v) is 9.40. The highest BCUT2D eigenvalue weighted by atomic mass is 32.2. The Bertz CT molecular complexity index is 1540. The number of nitrogens with zero attached hydrogens (tertiary/aromatic N) is 1. The largest absolute Gasteiger partial charge is 0.486 e. The van der Waals surface area contributed by atoms with Gasteiger partial charge in [0.2, 0.25) is 5.91 Å². The SMILES string of the molecule is O=C(CN1C(=O)S/C(=C/c2c3ccccc3cc3ccccc23)C1=O)Nc1ccc2c(c1)OCCO2. The van der Waals surface area contributed by atoms with Gasteiger partial charge in [-0.15, -0.1) is 0 Å². The van der Waals surface area contributed by atoms with E-state index in [2.05, 4.69) is 11.4 Å². The van der Waals surface area contributed by atoms with E-state index in [9.17, 15) is 14.4 Å². The van der Waals surface area contributed by atoms with E-state index in [4.69, 9.17) is 9.47 Å². The molecule has 1 N–H and O–H groups in total. The van der Waals surface area contributed by atoms with Gasteiger partial charge < -0.3 is 14.8 Å². The molecule has 8 heteroatoms. The summed E-state index contributed by atoms with van der Waals surface area (Å²) in [6.45, 7) is 0.520. The number of amides is 3. The molecular formula is C28H20N2O5S. The summed E-state index contributed by atoms with van der Waals surface area (Å²) in [5.41, 5.74) is 1.36. The second kappa shape index (κ2) is 9.05. The molecule has 1 saturated heterocycles. The number of carbonyl (C=O) groups is 3. The Balaban J connectivity index is 1.26. The highest BCUT2D eigenvalue weighted by Crippen LogP contribution is 2.37. The fraction of sp³-hybridized carbons (Fsp3) is 0.107. The van der Waals surface area contributed by atoms with Crippen molar-refractivity contribution in [3.63, 3.8) is 0 Å². The number of carbonyl (C=O) groups excluding carboxylic acids is 3. The molecule has 4 aromatic carbocycles. The Morgan fingerprint density at radius 3 is 2.28 bits per heavy atom. The molecule has 36 heavy (non-hydrogen) atoms. The minimum Gasteiger partial charge on any atom is -0.486 e. The maximum absolute atomic E-state index is 13.2. The molecule has 0 atom stereocenters. The van der Waals surface area contributed by atoms with Crippen LogP contribution < -0.4 is 14.8 Å². The summed E-state index contributed by atoms with van der Waals surface area (Å²) < 4.78 is 11.0. The van der Waals surface area contributed by atoms with Crippen LogP contribution in [-0.4, -0.2) is 41.7 Å². The summed E-state index contributed by atoms with van der Waals surface area (Å²) in [6, 6.07) is 23.0. The highest BCUT2D eigenvalue weighted by Gasteiger charge is 2.36. The van der Waals surface area contributed by atoms with E-state index in [0.29, 0.717) is 30.4 Å². The smallest absolute Gasteiger partial charge is 0.294 e. The van der Waals surface area contributed by atoms with Crippen LogP contribution in [0.15, 0.2) is 77.7 Å². The van der Waals surface area contributed by atoms with Gasteiger partial charge in [-0.1, -0.05) is 48.5 Å². The molecule has 6 rings (SSSR count). The molecule has 3 amide bonds. The van der Waals surface area contributed by atoms with Crippen molar-refractivity contribution in [2.75, 3.05) is 25.1 Å². The van der Waals surface area contributed by atoms with Gasteiger partial charge in [-0.05, 0) is 63.1 Å². The number of nitrogens with one attached hydrogen (secondary N) is 1. The molecule has 0 radical (unpaired) electrons. The molecule has 2 heterocycles. The summed E-state index contributed by atoms with van der Waals surface area (Å²) >= 11 is 0.843. The van der Waals surface area contributed by atoms with Crippen molar-refractivity contribution >= 4 is 62.1 Å². The van der Waals surface area contributed by atoms with Gasteiger partial charge in [0.25, 0.3) is 11.1 Å². The minimum absolute atomic E-state index is 0.286. The number of rotatable bonds is 4. The fourth-order valence-corrected chi connectivity index (χ4v) is 5.26. The summed E-state index contributed by atoms with van der Waals surface area (Å²) in [6.07, 6.45) is 1.76. The van der Waals surface area contributed by atoms with Gasteiger partial charge >= 0.3 is 0 Å². The van der Waals surface area contributed by atoms with Gasteiger partial charge in [-0.25, -0.2) is 0 Å². The van der Waals surface area contributed by atoms with Crippen LogP contribution in [0.3, 0.4) is 0 Å². The first-order chi connectivity index (χ1) is 17.6. The molecule has 0 saturated carbocycles. The fourth-order valence-electron chi connectivity index (χ4n) is 4.44. The van der Waals surface area contributed by atoms with Crippen molar-refractivity contribution in [2.24, 2.45) is 0 Å². The zero-order valence-electron chi connectivity index (χ0n) is 19.0. The normalized spacial score (nSPS) is 16.2. The lowest BCUT2D eigenvalue weighted by molar-refractivity contribution is -0.127. The summed E-state index contributed by atoms with van der Waals surface area (Å²) in [5, 5.41) is 6.30. The molecule has 0 unspecified atom stereocenters. The number of hydrogen-bond donors (Lipinski definition) is 1. The molecule has 4 aromatic rings. The molecule has 7 nitrogen and oxygen atoms in total. The number of fused-ring (bicyclic) bond motifs is 3. The van der Waals surface area contributed by atoms with Crippen LogP contribution >= 0.6 is 11.8 Å². The van der Waals surface area contributed by atoms with Crippen LogP contribution in [0.4, 0.5) is 10.5 Å². The van der Waals surface area contributed by atoms with E-state index >= 15 is 0 Å². The van der Waals surface area contributed by atoms with Crippen LogP contribution in [0.2, 0.25) is 0 Å². The van der Waals surface area contributed by atoms with Gasteiger partial charge in [-0.3, -0.25) is 19.3 Å². The first-order valence-electron chi connectivity index (χ1n) is 11.4. The molecular weight excluding hydrogens is 476 g/mol. The van der Waals surface area contributed by atoms with Gasteiger partial charge in [0, 0.05) is 11.8 Å². The van der Waals surface area contributed by atoms with E-state index in [1.165, 1.54) is 0 Å². The van der Waals surface area contributed by atoms with Crippen LogP contribution in [0, 0.1) is 0 Å². The molecule has 0 aliphatic carbocycles. The predicted octanol–water partition coefficient (Wildman–Crippen LogP) is 5.44. The van der Waals surface area contributed by atoms with Crippen molar-refractivity contribution in [3.05, 3.63) is 83.3 Å². The van der Waals surface area contributed by atoms with Crippen molar-refractivity contribution < 1.29 is 23.9 Å².